The predicted molar refractivity (Wildman–Crippen MR) is 58.6 cm³/mol. The average molecular weight is 296 g/mol. The first-order valence-corrected chi connectivity index (χ1v) is 5.89. The molecule has 1 aliphatic rings. The molecule has 0 saturated carbocycles. The molecular weight excluding hydrogens is 282 g/mol. The summed E-state index contributed by atoms with van der Waals surface area (Å²) in [5, 5.41) is 28.4. The minimum atomic E-state index is -1.73. The van der Waals surface area contributed by atoms with Crippen molar-refractivity contribution in [3.63, 3.8) is 0 Å². The first kappa shape index (κ1) is 14.7. The van der Waals surface area contributed by atoms with Crippen LogP contribution in [-0.2, 0) is 9.47 Å². The minimum Gasteiger partial charge on any atom is -0.388 e. The van der Waals surface area contributed by atoms with E-state index in [4.69, 9.17) is 44.3 Å². The van der Waals surface area contributed by atoms with E-state index in [0.717, 1.165) is 0 Å². The van der Waals surface area contributed by atoms with Gasteiger partial charge in [0, 0.05) is 0 Å². The van der Waals surface area contributed by atoms with Crippen LogP contribution in [0.25, 0.3) is 0 Å². The van der Waals surface area contributed by atoms with Crippen molar-refractivity contribution in [1.82, 2.24) is 0 Å². The lowest BCUT2D eigenvalue weighted by atomic mass is 10.0. The SMILES string of the molecule is C[C@H]1OC(OC(Cl)(Cl)CCl)[C@H](O)[C@@H](O)[C@@H]1O. The highest BCUT2D eigenvalue weighted by Gasteiger charge is 2.45. The maximum atomic E-state index is 9.56. The highest BCUT2D eigenvalue weighted by atomic mass is 35.5. The van der Waals surface area contributed by atoms with Gasteiger partial charge >= 0.3 is 0 Å². The van der Waals surface area contributed by atoms with E-state index < -0.39 is 35.2 Å². The van der Waals surface area contributed by atoms with Crippen molar-refractivity contribution in [2.75, 3.05) is 5.88 Å². The Morgan fingerprint density at radius 3 is 2.25 bits per heavy atom. The third-order valence-electron chi connectivity index (χ3n) is 2.25. The third kappa shape index (κ3) is 3.34. The van der Waals surface area contributed by atoms with E-state index in [0.29, 0.717) is 0 Å². The standard InChI is InChI=1S/C8H13Cl3O5/c1-3-4(12)5(13)6(14)7(15-3)16-8(10,11)2-9/h3-7,12-14H,2H2,1H3/t3-,4-,5+,6-,7?/m1/s1. The number of ether oxygens (including phenoxy) is 2. The van der Waals surface area contributed by atoms with Crippen LogP contribution in [0.3, 0.4) is 0 Å². The summed E-state index contributed by atoms with van der Waals surface area (Å²) in [4.78, 5) is 0. The van der Waals surface area contributed by atoms with Crippen molar-refractivity contribution in [3.05, 3.63) is 0 Å². The van der Waals surface area contributed by atoms with Crippen LogP contribution in [0.5, 0.6) is 0 Å². The molecule has 0 radical (unpaired) electrons. The molecule has 1 rings (SSSR count). The topological polar surface area (TPSA) is 79.2 Å². The molecule has 1 fully saturated rings. The molecule has 0 spiro atoms. The number of alkyl halides is 3. The van der Waals surface area contributed by atoms with Gasteiger partial charge in [0.2, 0.25) is 4.52 Å². The van der Waals surface area contributed by atoms with E-state index in [9.17, 15) is 15.3 Å². The second kappa shape index (κ2) is 5.54. The van der Waals surface area contributed by atoms with E-state index >= 15 is 0 Å². The van der Waals surface area contributed by atoms with Gasteiger partial charge in [-0.25, -0.2) is 0 Å². The van der Waals surface area contributed by atoms with E-state index in [1.807, 2.05) is 0 Å². The summed E-state index contributed by atoms with van der Waals surface area (Å²) in [6.07, 6.45) is -6.02. The van der Waals surface area contributed by atoms with Crippen LogP contribution in [0.1, 0.15) is 6.92 Å². The number of hydrogen-bond donors (Lipinski definition) is 3. The van der Waals surface area contributed by atoms with E-state index in [2.05, 4.69) is 0 Å². The summed E-state index contributed by atoms with van der Waals surface area (Å²) in [6, 6.07) is 0. The summed E-state index contributed by atoms with van der Waals surface area (Å²) in [7, 11) is 0. The van der Waals surface area contributed by atoms with Gasteiger partial charge < -0.3 is 24.8 Å². The molecular formula is C8H13Cl3O5. The first-order chi connectivity index (χ1) is 7.28. The molecule has 0 bridgehead atoms. The van der Waals surface area contributed by atoms with Crippen LogP contribution in [0.15, 0.2) is 0 Å². The zero-order valence-electron chi connectivity index (χ0n) is 8.39. The normalized spacial score (nSPS) is 41.1. The number of hydrogen-bond acceptors (Lipinski definition) is 5. The van der Waals surface area contributed by atoms with E-state index in [1.165, 1.54) is 6.92 Å². The lowest BCUT2D eigenvalue weighted by molar-refractivity contribution is -0.299. The smallest absolute Gasteiger partial charge is 0.233 e. The molecule has 1 heterocycles. The Hall–Kier alpha value is 0.670. The van der Waals surface area contributed by atoms with Crippen LogP contribution in [0, 0.1) is 0 Å². The van der Waals surface area contributed by atoms with Crippen molar-refractivity contribution in [2.45, 2.75) is 42.1 Å². The van der Waals surface area contributed by atoms with Crippen molar-refractivity contribution in [3.8, 4) is 0 Å². The molecule has 5 atom stereocenters. The van der Waals surface area contributed by atoms with E-state index in [-0.39, 0.29) is 5.88 Å². The van der Waals surface area contributed by atoms with Gasteiger partial charge in [-0.1, -0.05) is 23.2 Å². The Morgan fingerprint density at radius 1 is 1.19 bits per heavy atom. The molecule has 3 N–H and O–H groups in total. The van der Waals surface area contributed by atoms with Gasteiger partial charge in [0.25, 0.3) is 0 Å². The largest absolute Gasteiger partial charge is 0.388 e. The Bertz CT molecular complexity index is 240. The Morgan fingerprint density at radius 2 is 1.75 bits per heavy atom. The molecule has 5 nitrogen and oxygen atoms in total. The van der Waals surface area contributed by atoms with Crippen LogP contribution in [0.4, 0.5) is 0 Å². The quantitative estimate of drug-likeness (QED) is 0.648. The second-order valence-electron chi connectivity index (χ2n) is 3.57. The molecule has 0 aromatic rings. The molecule has 0 amide bonds. The van der Waals surface area contributed by atoms with Gasteiger partial charge in [0.15, 0.2) is 6.29 Å². The molecule has 16 heavy (non-hydrogen) atoms. The number of aliphatic hydroxyl groups is 3. The van der Waals surface area contributed by atoms with Gasteiger partial charge in [-0.05, 0) is 6.92 Å². The first-order valence-electron chi connectivity index (χ1n) is 4.60. The average Bonchev–Trinajstić information content (AvgIpc) is 2.22. The molecule has 1 saturated heterocycles. The summed E-state index contributed by atoms with van der Waals surface area (Å²) in [5.41, 5.74) is 0. The molecule has 0 aliphatic carbocycles. The Kier molecular flexibility index (Phi) is 5.10. The fourth-order valence-corrected chi connectivity index (χ4v) is 1.55. The van der Waals surface area contributed by atoms with Crippen molar-refractivity contribution < 1.29 is 24.8 Å². The molecule has 0 aromatic carbocycles. The number of halogens is 3. The summed E-state index contributed by atoms with van der Waals surface area (Å²) >= 11 is 16.7. The molecule has 0 aromatic heterocycles. The molecule has 96 valence electrons. The number of aliphatic hydroxyl groups excluding tert-OH is 3. The minimum absolute atomic E-state index is 0.240. The zero-order chi connectivity index (χ0) is 12.5. The highest BCUT2D eigenvalue weighted by Crippen LogP contribution is 2.31. The monoisotopic (exact) mass is 294 g/mol. The summed E-state index contributed by atoms with van der Waals surface area (Å²) < 4.78 is 8.37. The van der Waals surface area contributed by atoms with Gasteiger partial charge in [-0.3, -0.25) is 0 Å². The maximum absolute atomic E-state index is 9.56. The van der Waals surface area contributed by atoms with Crippen LogP contribution in [0.2, 0.25) is 0 Å². The lowest BCUT2D eigenvalue weighted by Gasteiger charge is -2.40. The van der Waals surface area contributed by atoms with Gasteiger partial charge in [-0.15, -0.1) is 11.6 Å². The van der Waals surface area contributed by atoms with Gasteiger partial charge in [-0.2, -0.15) is 0 Å². The van der Waals surface area contributed by atoms with Crippen LogP contribution in [-0.4, -0.2) is 56.4 Å². The summed E-state index contributed by atoms with van der Waals surface area (Å²) in [6.45, 7) is 1.51. The fraction of sp³-hybridized carbons (Fsp3) is 1.00. The second-order valence-corrected chi connectivity index (χ2v) is 5.25. The maximum Gasteiger partial charge on any atom is 0.233 e. The number of rotatable bonds is 3. The van der Waals surface area contributed by atoms with Crippen molar-refractivity contribution in [1.29, 1.82) is 0 Å². The van der Waals surface area contributed by atoms with Crippen LogP contribution >= 0.6 is 34.8 Å². The van der Waals surface area contributed by atoms with Crippen molar-refractivity contribution in [2.24, 2.45) is 0 Å². The predicted octanol–water partition coefficient (Wildman–Crippen LogP) is 0.201. The van der Waals surface area contributed by atoms with Gasteiger partial charge in [0.1, 0.15) is 18.3 Å². The zero-order valence-corrected chi connectivity index (χ0v) is 10.7. The third-order valence-corrected chi connectivity index (χ3v) is 3.35. The molecule has 8 heteroatoms. The Labute approximate surface area is 108 Å². The van der Waals surface area contributed by atoms with Crippen LogP contribution < -0.4 is 0 Å². The van der Waals surface area contributed by atoms with Gasteiger partial charge in [0.05, 0.1) is 12.0 Å². The Balaban J connectivity index is 2.67. The molecule has 1 unspecified atom stereocenters. The fourth-order valence-electron chi connectivity index (χ4n) is 1.31. The van der Waals surface area contributed by atoms with Crippen molar-refractivity contribution >= 4 is 34.8 Å². The lowest BCUT2D eigenvalue weighted by Crippen LogP contribution is -2.58. The summed E-state index contributed by atoms with van der Waals surface area (Å²) in [5.74, 6) is -0.240. The highest BCUT2D eigenvalue weighted by molar-refractivity contribution is 6.50. The van der Waals surface area contributed by atoms with E-state index in [1.54, 1.807) is 0 Å². The molecule has 1 aliphatic heterocycles.